The number of piperazine rings is 1. The molecule has 1 saturated heterocycles. The van der Waals surface area contributed by atoms with Gasteiger partial charge in [-0.15, -0.1) is 0 Å². The number of halogens is 3. The second kappa shape index (κ2) is 9.07. The average Bonchev–Trinajstić information content (AvgIpc) is 3.55. The van der Waals surface area contributed by atoms with E-state index >= 15 is 0 Å². The van der Waals surface area contributed by atoms with Crippen molar-refractivity contribution in [2.75, 3.05) is 33.0 Å². The van der Waals surface area contributed by atoms with Crippen LogP contribution in [0.5, 0.6) is 11.5 Å². The van der Waals surface area contributed by atoms with Crippen LogP contribution in [0.15, 0.2) is 60.8 Å². The van der Waals surface area contributed by atoms with Gasteiger partial charge in [0.1, 0.15) is 12.1 Å². The highest BCUT2D eigenvalue weighted by Gasteiger charge is 2.36. The number of nitrogens with zero attached hydrogens (tertiary/aromatic N) is 4. The van der Waals surface area contributed by atoms with Gasteiger partial charge >= 0.3 is 6.18 Å². The van der Waals surface area contributed by atoms with Crippen LogP contribution in [0.2, 0.25) is 0 Å². The van der Waals surface area contributed by atoms with E-state index in [2.05, 4.69) is 10.1 Å². The van der Waals surface area contributed by atoms with E-state index in [1.807, 2.05) is 18.2 Å². The number of carbonyl (C=O) groups excluding carboxylic acids is 1. The zero-order valence-electron chi connectivity index (χ0n) is 19.7. The van der Waals surface area contributed by atoms with E-state index in [1.54, 1.807) is 35.2 Å². The number of benzene rings is 2. The van der Waals surface area contributed by atoms with Crippen molar-refractivity contribution in [3.05, 3.63) is 77.6 Å². The monoisotopic (exact) mass is 510 g/mol. The minimum Gasteiger partial charge on any atom is -0.454 e. The van der Waals surface area contributed by atoms with Crippen LogP contribution in [0.1, 0.15) is 21.6 Å². The van der Waals surface area contributed by atoms with Crippen molar-refractivity contribution in [3.63, 3.8) is 0 Å². The Kier molecular flexibility index (Phi) is 5.71. The van der Waals surface area contributed by atoms with E-state index in [-0.39, 0.29) is 29.6 Å². The highest BCUT2D eigenvalue weighted by atomic mass is 19.4. The third-order valence-electron chi connectivity index (χ3n) is 6.71. The smallest absolute Gasteiger partial charge is 0.433 e. The summed E-state index contributed by atoms with van der Waals surface area (Å²) in [4.78, 5) is 20.8. The fourth-order valence-corrected chi connectivity index (χ4v) is 4.79. The van der Waals surface area contributed by atoms with E-state index in [9.17, 15) is 18.0 Å². The molecular weight excluding hydrogens is 487 g/mol. The molecule has 190 valence electrons. The number of quaternary nitrogens is 1. The van der Waals surface area contributed by atoms with Crippen molar-refractivity contribution >= 4 is 11.6 Å². The minimum absolute atomic E-state index is 0.0579. The Labute approximate surface area is 209 Å². The Hall–Kier alpha value is -4.12. The van der Waals surface area contributed by atoms with Gasteiger partial charge in [0, 0.05) is 11.1 Å². The van der Waals surface area contributed by atoms with Gasteiger partial charge < -0.3 is 19.3 Å². The van der Waals surface area contributed by atoms with E-state index < -0.39 is 11.9 Å². The molecule has 0 saturated carbocycles. The van der Waals surface area contributed by atoms with Gasteiger partial charge in [0.15, 0.2) is 22.8 Å². The Balaban J connectivity index is 1.22. The van der Waals surface area contributed by atoms with Gasteiger partial charge in [-0.1, -0.05) is 30.3 Å². The fraction of sp³-hybridized carbons (Fsp3) is 0.269. The molecule has 1 fully saturated rings. The molecule has 0 aliphatic carbocycles. The Morgan fingerprint density at radius 1 is 1.00 bits per heavy atom. The molecule has 0 atom stereocenters. The number of nitrogens with one attached hydrogen (secondary N) is 1. The van der Waals surface area contributed by atoms with Crippen LogP contribution in [-0.4, -0.2) is 58.4 Å². The molecule has 0 spiro atoms. The SMILES string of the molecule is O=C(c1cnn2c(C(F)(F)F)cc(-c3ccccc3)nc12)N1CC[NH+](Cc2ccc3c(c2)OCO3)CC1. The summed E-state index contributed by atoms with van der Waals surface area (Å²) in [7, 11) is 0. The van der Waals surface area contributed by atoms with Crippen LogP contribution in [0.4, 0.5) is 13.2 Å². The predicted octanol–water partition coefficient (Wildman–Crippen LogP) is 2.68. The van der Waals surface area contributed by atoms with E-state index in [4.69, 9.17) is 9.47 Å². The summed E-state index contributed by atoms with van der Waals surface area (Å²) in [5, 5.41) is 3.89. The number of amides is 1. The highest BCUT2D eigenvalue weighted by molar-refractivity contribution is 6.00. The lowest BCUT2D eigenvalue weighted by molar-refractivity contribution is -0.917. The number of ether oxygens (including phenoxy) is 2. The predicted molar refractivity (Wildman–Crippen MR) is 126 cm³/mol. The molecular formula is C26H23F3N5O3+. The quantitative estimate of drug-likeness (QED) is 0.457. The van der Waals surface area contributed by atoms with Crippen molar-refractivity contribution < 1.29 is 32.3 Å². The second-order valence-corrected chi connectivity index (χ2v) is 9.09. The zero-order chi connectivity index (χ0) is 25.6. The molecule has 2 aliphatic heterocycles. The fourth-order valence-electron chi connectivity index (χ4n) is 4.79. The molecule has 0 unspecified atom stereocenters. The summed E-state index contributed by atoms with van der Waals surface area (Å²) in [5.74, 6) is 1.10. The molecule has 1 N–H and O–H groups in total. The number of rotatable bonds is 4. The number of alkyl halides is 3. The summed E-state index contributed by atoms with van der Waals surface area (Å²) < 4.78 is 53.1. The molecule has 4 aromatic rings. The lowest BCUT2D eigenvalue weighted by Gasteiger charge is -2.32. The molecule has 2 aromatic carbocycles. The molecule has 6 rings (SSSR count). The van der Waals surface area contributed by atoms with Crippen LogP contribution >= 0.6 is 0 Å². The zero-order valence-corrected chi connectivity index (χ0v) is 19.7. The first-order valence-electron chi connectivity index (χ1n) is 11.9. The molecule has 0 radical (unpaired) electrons. The van der Waals surface area contributed by atoms with Crippen molar-refractivity contribution in [2.24, 2.45) is 0 Å². The molecule has 37 heavy (non-hydrogen) atoms. The molecule has 2 aromatic heterocycles. The average molecular weight is 510 g/mol. The number of aromatic nitrogens is 3. The van der Waals surface area contributed by atoms with Crippen molar-refractivity contribution in [1.82, 2.24) is 19.5 Å². The maximum absolute atomic E-state index is 13.9. The largest absolute Gasteiger partial charge is 0.454 e. The molecule has 4 heterocycles. The lowest BCUT2D eigenvalue weighted by atomic mass is 10.1. The molecule has 1 amide bonds. The van der Waals surface area contributed by atoms with Gasteiger partial charge in [-0.25, -0.2) is 9.50 Å². The minimum atomic E-state index is -4.67. The van der Waals surface area contributed by atoms with Gasteiger partial charge in [0.2, 0.25) is 6.79 Å². The molecule has 11 heteroatoms. The number of fused-ring (bicyclic) bond motifs is 2. The van der Waals surface area contributed by atoms with Crippen molar-refractivity contribution in [1.29, 1.82) is 0 Å². The van der Waals surface area contributed by atoms with Gasteiger partial charge in [-0.05, 0) is 24.3 Å². The number of carbonyl (C=O) groups is 1. The van der Waals surface area contributed by atoms with Gasteiger partial charge in [0.25, 0.3) is 5.91 Å². The van der Waals surface area contributed by atoms with Gasteiger partial charge in [0.05, 0.1) is 38.1 Å². The Morgan fingerprint density at radius 3 is 2.51 bits per heavy atom. The second-order valence-electron chi connectivity index (χ2n) is 9.09. The van der Waals surface area contributed by atoms with Crippen molar-refractivity contribution in [3.8, 4) is 22.8 Å². The Morgan fingerprint density at radius 2 is 1.76 bits per heavy atom. The number of hydrogen-bond acceptors (Lipinski definition) is 5. The first-order valence-corrected chi connectivity index (χ1v) is 11.9. The van der Waals surface area contributed by atoms with Crippen LogP contribution < -0.4 is 14.4 Å². The maximum Gasteiger partial charge on any atom is 0.433 e. The third-order valence-corrected chi connectivity index (χ3v) is 6.71. The summed E-state index contributed by atoms with van der Waals surface area (Å²) in [6, 6.07) is 15.4. The normalized spacial score (nSPS) is 15.9. The van der Waals surface area contributed by atoms with Crippen LogP contribution in [0.3, 0.4) is 0 Å². The number of hydrogen-bond donors (Lipinski definition) is 1. The summed E-state index contributed by atoms with van der Waals surface area (Å²) in [5.41, 5.74) is 0.743. The summed E-state index contributed by atoms with van der Waals surface area (Å²) in [6.45, 7) is 3.35. The third kappa shape index (κ3) is 4.46. The van der Waals surface area contributed by atoms with E-state index in [0.29, 0.717) is 36.3 Å². The summed E-state index contributed by atoms with van der Waals surface area (Å²) in [6.07, 6.45) is -3.48. The molecule has 0 bridgehead atoms. The van der Waals surface area contributed by atoms with Crippen molar-refractivity contribution in [2.45, 2.75) is 12.7 Å². The van der Waals surface area contributed by atoms with Gasteiger partial charge in [-0.2, -0.15) is 18.3 Å². The lowest BCUT2D eigenvalue weighted by Crippen LogP contribution is -3.13. The first kappa shape index (κ1) is 23.3. The molecule has 2 aliphatic rings. The van der Waals surface area contributed by atoms with Gasteiger partial charge in [-0.3, -0.25) is 4.79 Å². The topological polar surface area (TPSA) is 73.4 Å². The summed E-state index contributed by atoms with van der Waals surface area (Å²) >= 11 is 0. The van der Waals surface area contributed by atoms with Crippen LogP contribution in [-0.2, 0) is 12.7 Å². The highest BCUT2D eigenvalue weighted by Crippen LogP contribution is 2.33. The van der Waals surface area contributed by atoms with Crippen LogP contribution in [0.25, 0.3) is 16.9 Å². The standard InChI is InChI=1S/C26H22F3N5O3/c27-26(28,29)23-13-20(18-4-2-1-3-5-18)31-24-19(14-30-34(23)24)25(35)33-10-8-32(9-11-33)15-17-6-7-21-22(12-17)37-16-36-21/h1-7,12-14H,8-11,15-16H2/p+1. The van der Waals surface area contributed by atoms with E-state index in [1.165, 1.54) is 11.1 Å². The molecule has 8 nitrogen and oxygen atoms in total. The Bertz CT molecular complexity index is 1460. The van der Waals surface area contributed by atoms with Crippen LogP contribution in [0, 0.1) is 0 Å². The maximum atomic E-state index is 13.9. The van der Waals surface area contributed by atoms with E-state index in [0.717, 1.165) is 29.7 Å². The first-order chi connectivity index (χ1) is 17.9.